The van der Waals surface area contributed by atoms with Crippen LogP contribution in [0.3, 0.4) is 0 Å². The van der Waals surface area contributed by atoms with Gasteiger partial charge in [-0.15, -0.1) is 0 Å². The molecule has 116 valence electrons. The van der Waals surface area contributed by atoms with Crippen molar-refractivity contribution in [2.75, 3.05) is 0 Å². The fourth-order valence-corrected chi connectivity index (χ4v) is 2.77. The molecule has 0 saturated heterocycles. The minimum absolute atomic E-state index is 0.0887. The van der Waals surface area contributed by atoms with Crippen LogP contribution in [0.5, 0.6) is 0 Å². The van der Waals surface area contributed by atoms with Gasteiger partial charge in [-0.05, 0) is 48.4 Å². The Morgan fingerprint density at radius 3 is 2.00 bits per heavy atom. The number of rotatable bonds is 2. The Labute approximate surface area is 120 Å². The average molecular weight is 304 g/mol. The van der Waals surface area contributed by atoms with Gasteiger partial charge in [0, 0.05) is 11.6 Å². The maximum absolute atomic E-state index is 13.9. The summed E-state index contributed by atoms with van der Waals surface area (Å²) in [5.41, 5.74) is -0.0960. The Balaban J connectivity index is 2.23. The lowest BCUT2D eigenvalue weighted by Crippen LogP contribution is -2.11. The number of benzene rings is 1. The fourth-order valence-electron chi connectivity index (χ4n) is 2.77. The Hall–Kier alpha value is -1.39. The Morgan fingerprint density at radius 2 is 1.52 bits per heavy atom. The summed E-state index contributed by atoms with van der Waals surface area (Å²) < 4.78 is 64.0. The molecule has 1 fully saturated rings. The molecule has 2 rings (SSSR count). The highest BCUT2D eigenvalue weighted by atomic mass is 19.4. The molecule has 0 aliphatic heterocycles. The molecule has 0 radical (unpaired) electrons. The Bertz CT molecular complexity index is 499. The van der Waals surface area contributed by atoms with E-state index >= 15 is 0 Å². The summed E-state index contributed by atoms with van der Waals surface area (Å²) in [5.74, 6) is -1.18. The molecule has 0 unspecified atom stereocenters. The molecular formula is C16H17F5. The van der Waals surface area contributed by atoms with Crippen LogP contribution in [0.4, 0.5) is 22.0 Å². The molecule has 0 aromatic heterocycles. The average Bonchev–Trinajstić information content (AvgIpc) is 2.37. The van der Waals surface area contributed by atoms with Crippen molar-refractivity contribution in [3.8, 4) is 0 Å². The van der Waals surface area contributed by atoms with Gasteiger partial charge in [0.05, 0.1) is 0 Å². The van der Waals surface area contributed by atoms with Crippen molar-refractivity contribution in [1.82, 2.24) is 0 Å². The standard InChI is InChI=1S/C16H17F5/c1-10-2-4-11(5-3-10)12-8-14(17)13(15(18)9-12)6-7-16(19,20)21/h6-11H,2-5H2,1H3. The minimum atomic E-state index is -4.59. The van der Waals surface area contributed by atoms with E-state index in [2.05, 4.69) is 6.92 Å². The van der Waals surface area contributed by atoms with Gasteiger partial charge in [-0.2, -0.15) is 13.2 Å². The van der Waals surface area contributed by atoms with Gasteiger partial charge >= 0.3 is 6.18 Å². The van der Waals surface area contributed by atoms with Gasteiger partial charge in [0.2, 0.25) is 0 Å². The second-order valence-corrected chi connectivity index (χ2v) is 5.73. The Kier molecular flexibility index (Phi) is 4.69. The highest BCUT2D eigenvalue weighted by Gasteiger charge is 2.24. The lowest BCUT2D eigenvalue weighted by atomic mass is 9.79. The van der Waals surface area contributed by atoms with Crippen molar-refractivity contribution in [3.63, 3.8) is 0 Å². The van der Waals surface area contributed by atoms with Gasteiger partial charge in [0.25, 0.3) is 0 Å². The normalized spacial score (nSPS) is 23.7. The molecule has 0 bridgehead atoms. The van der Waals surface area contributed by atoms with Crippen molar-refractivity contribution in [2.24, 2.45) is 5.92 Å². The van der Waals surface area contributed by atoms with E-state index in [1.54, 1.807) is 0 Å². The fraction of sp³-hybridized carbons (Fsp3) is 0.500. The van der Waals surface area contributed by atoms with Crippen molar-refractivity contribution < 1.29 is 22.0 Å². The second kappa shape index (κ2) is 6.16. The molecule has 21 heavy (non-hydrogen) atoms. The molecule has 0 atom stereocenters. The lowest BCUT2D eigenvalue weighted by Gasteiger charge is -2.26. The van der Waals surface area contributed by atoms with E-state index in [0.717, 1.165) is 25.7 Å². The van der Waals surface area contributed by atoms with Crippen LogP contribution in [0, 0.1) is 17.6 Å². The van der Waals surface area contributed by atoms with E-state index in [0.29, 0.717) is 17.6 Å². The number of halogens is 5. The molecular weight excluding hydrogens is 287 g/mol. The van der Waals surface area contributed by atoms with Crippen LogP contribution in [0.2, 0.25) is 0 Å². The first kappa shape index (κ1) is 16.0. The van der Waals surface area contributed by atoms with Crippen LogP contribution < -0.4 is 0 Å². The van der Waals surface area contributed by atoms with Crippen LogP contribution in [-0.2, 0) is 0 Å². The summed E-state index contributed by atoms with van der Waals surface area (Å²) in [5, 5.41) is 0. The predicted molar refractivity (Wildman–Crippen MR) is 71.8 cm³/mol. The third kappa shape index (κ3) is 4.29. The number of hydrogen-bond donors (Lipinski definition) is 0. The first-order valence-corrected chi connectivity index (χ1v) is 7.01. The van der Waals surface area contributed by atoms with E-state index in [4.69, 9.17) is 0 Å². The molecule has 1 aromatic rings. The van der Waals surface area contributed by atoms with Gasteiger partial charge in [-0.1, -0.05) is 19.8 Å². The van der Waals surface area contributed by atoms with Crippen LogP contribution in [0.15, 0.2) is 18.2 Å². The van der Waals surface area contributed by atoms with E-state index < -0.39 is 23.4 Å². The monoisotopic (exact) mass is 304 g/mol. The predicted octanol–water partition coefficient (Wildman–Crippen LogP) is 5.83. The molecule has 0 amide bonds. The number of alkyl halides is 3. The molecule has 1 saturated carbocycles. The summed E-state index contributed by atoms with van der Waals surface area (Å²) in [6, 6.07) is 2.33. The van der Waals surface area contributed by atoms with Gasteiger partial charge < -0.3 is 0 Å². The maximum atomic E-state index is 13.9. The number of hydrogen-bond acceptors (Lipinski definition) is 0. The van der Waals surface area contributed by atoms with Crippen LogP contribution >= 0.6 is 0 Å². The molecule has 0 N–H and O–H groups in total. The largest absolute Gasteiger partial charge is 0.409 e. The SMILES string of the molecule is CC1CCC(c2cc(F)c(C=CC(F)(F)F)c(F)c2)CC1. The second-order valence-electron chi connectivity index (χ2n) is 5.73. The lowest BCUT2D eigenvalue weighted by molar-refractivity contribution is -0.0790. The summed E-state index contributed by atoms with van der Waals surface area (Å²) in [6.07, 6.45) is -0.576. The van der Waals surface area contributed by atoms with Crippen molar-refractivity contribution in [1.29, 1.82) is 0 Å². The zero-order valence-corrected chi connectivity index (χ0v) is 11.7. The molecule has 1 aliphatic rings. The minimum Gasteiger partial charge on any atom is -0.206 e. The highest BCUT2D eigenvalue weighted by molar-refractivity contribution is 5.52. The van der Waals surface area contributed by atoms with Crippen molar-refractivity contribution in [2.45, 2.75) is 44.7 Å². The zero-order valence-electron chi connectivity index (χ0n) is 11.7. The van der Waals surface area contributed by atoms with Crippen LogP contribution in [0.25, 0.3) is 6.08 Å². The first-order chi connectivity index (χ1) is 9.76. The van der Waals surface area contributed by atoms with Gasteiger partial charge in [-0.3, -0.25) is 0 Å². The summed E-state index contributed by atoms with van der Waals surface area (Å²) in [6.45, 7) is 2.14. The zero-order chi connectivity index (χ0) is 15.6. The van der Waals surface area contributed by atoms with Crippen LogP contribution in [0.1, 0.15) is 49.7 Å². The van der Waals surface area contributed by atoms with Crippen LogP contribution in [-0.4, -0.2) is 6.18 Å². The quantitative estimate of drug-likeness (QED) is 0.603. The molecule has 1 aliphatic carbocycles. The highest BCUT2D eigenvalue weighted by Crippen LogP contribution is 2.36. The molecule has 1 aromatic carbocycles. The van der Waals surface area contributed by atoms with Gasteiger partial charge in [0.15, 0.2) is 0 Å². The Morgan fingerprint density at radius 1 is 1.00 bits per heavy atom. The molecule has 0 nitrogen and oxygen atoms in total. The molecule has 0 heterocycles. The molecule has 0 spiro atoms. The van der Waals surface area contributed by atoms with E-state index in [1.807, 2.05) is 0 Å². The first-order valence-electron chi connectivity index (χ1n) is 7.01. The third-order valence-electron chi connectivity index (χ3n) is 4.03. The third-order valence-corrected chi connectivity index (χ3v) is 4.03. The van der Waals surface area contributed by atoms with Gasteiger partial charge in [0.1, 0.15) is 11.6 Å². The van der Waals surface area contributed by atoms with E-state index in [9.17, 15) is 22.0 Å². The topological polar surface area (TPSA) is 0 Å². The molecule has 5 heteroatoms. The van der Waals surface area contributed by atoms with E-state index in [-0.39, 0.29) is 12.0 Å². The maximum Gasteiger partial charge on any atom is 0.409 e. The van der Waals surface area contributed by atoms with Crippen molar-refractivity contribution >= 4 is 6.08 Å². The number of allylic oxidation sites excluding steroid dienone is 1. The summed E-state index contributed by atoms with van der Waals surface area (Å²) in [4.78, 5) is 0. The smallest absolute Gasteiger partial charge is 0.206 e. The van der Waals surface area contributed by atoms with E-state index in [1.165, 1.54) is 12.1 Å². The summed E-state index contributed by atoms with van der Waals surface area (Å²) in [7, 11) is 0. The summed E-state index contributed by atoms with van der Waals surface area (Å²) >= 11 is 0. The van der Waals surface area contributed by atoms with Gasteiger partial charge in [-0.25, -0.2) is 8.78 Å². The van der Waals surface area contributed by atoms with Crippen molar-refractivity contribution in [3.05, 3.63) is 41.0 Å².